The van der Waals surface area contributed by atoms with E-state index in [1.807, 2.05) is 32.9 Å². The zero-order valence-corrected chi connectivity index (χ0v) is 13.7. The number of hydrogen-bond donors (Lipinski definition) is 0. The van der Waals surface area contributed by atoms with Gasteiger partial charge >= 0.3 is 6.18 Å². The van der Waals surface area contributed by atoms with Crippen LogP contribution in [0.1, 0.15) is 49.3 Å². The second-order valence-corrected chi connectivity index (χ2v) is 4.73. The minimum absolute atomic E-state index is 0.350. The van der Waals surface area contributed by atoms with Gasteiger partial charge in [0.1, 0.15) is 5.69 Å². The molecule has 2 rings (SSSR count). The Hall–Kier alpha value is -2.17. The Kier molecular flexibility index (Phi) is 6.49. The predicted molar refractivity (Wildman–Crippen MR) is 85.4 cm³/mol. The molecule has 0 aliphatic rings. The molecule has 0 fully saturated rings. The number of carbonyl (C=O) groups excluding carboxylic acids is 1. The molecule has 0 atom stereocenters. The Morgan fingerprint density at radius 3 is 2.30 bits per heavy atom. The van der Waals surface area contributed by atoms with E-state index in [1.165, 1.54) is 6.20 Å². The maximum absolute atomic E-state index is 13.1. The fraction of sp³-hybridized carbons (Fsp3) is 0.333. The third-order valence-corrected chi connectivity index (χ3v) is 3.20. The van der Waals surface area contributed by atoms with Gasteiger partial charge in [-0.05, 0) is 23.6 Å². The fourth-order valence-electron chi connectivity index (χ4n) is 2.09. The molecule has 0 saturated carbocycles. The first-order valence-corrected chi connectivity index (χ1v) is 7.50. The van der Waals surface area contributed by atoms with Gasteiger partial charge in [0.25, 0.3) is 0 Å². The lowest BCUT2D eigenvalue weighted by molar-refractivity contribution is -0.138. The summed E-state index contributed by atoms with van der Waals surface area (Å²) in [4.78, 5) is 15.0. The molecule has 0 radical (unpaired) electrons. The van der Waals surface area contributed by atoms with Crippen LogP contribution in [0.5, 0.6) is 0 Å². The van der Waals surface area contributed by atoms with Crippen molar-refractivity contribution in [1.29, 1.82) is 0 Å². The predicted octanol–water partition coefficient (Wildman–Crippen LogP) is 5.56. The summed E-state index contributed by atoms with van der Waals surface area (Å²) in [5.74, 6) is -0.698. The normalized spacial score (nSPS) is 10.7. The first-order valence-electron chi connectivity index (χ1n) is 7.50. The van der Waals surface area contributed by atoms with Gasteiger partial charge in [-0.25, -0.2) is 0 Å². The number of halogens is 3. The number of Topliss-reactive ketones (excluding diaryl/α,β-unsaturated/α-hetero) is 1. The number of benzene rings is 1. The highest BCUT2D eigenvalue weighted by Gasteiger charge is 2.35. The number of ketones is 1. The summed E-state index contributed by atoms with van der Waals surface area (Å²) in [7, 11) is 0. The van der Waals surface area contributed by atoms with Crippen molar-refractivity contribution in [3.05, 3.63) is 53.3 Å². The molecule has 0 saturated heterocycles. The molecule has 0 bridgehead atoms. The molecule has 1 aromatic heterocycles. The Labute approximate surface area is 134 Å². The summed E-state index contributed by atoms with van der Waals surface area (Å²) < 4.78 is 39.2. The zero-order valence-electron chi connectivity index (χ0n) is 13.7. The van der Waals surface area contributed by atoms with Crippen molar-refractivity contribution < 1.29 is 18.0 Å². The number of hydrogen-bond acceptors (Lipinski definition) is 2. The third kappa shape index (κ3) is 4.65. The van der Waals surface area contributed by atoms with Crippen molar-refractivity contribution in [3.8, 4) is 11.1 Å². The fourth-order valence-corrected chi connectivity index (χ4v) is 2.09. The molecule has 2 nitrogen and oxygen atoms in total. The number of aromatic nitrogens is 1. The van der Waals surface area contributed by atoms with E-state index in [-0.39, 0.29) is 0 Å². The summed E-state index contributed by atoms with van der Waals surface area (Å²) in [5.41, 5.74) is 0.495. The van der Waals surface area contributed by atoms with Crippen LogP contribution < -0.4 is 0 Å². The molecule has 0 aliphatic carbocycles. The van der Waals surface area contributed by atoms with Crippen LogP contribution in [0.2, 0.25) is 0 Å². The molecule has 0 spiro atoms. The zero-order chi connectivity index (χ0) is 17.6. The quantitative estimate of drug-likeness (QED) is 0.692. The molecule has 0 unspecified atom stereocenters. The highest BCUT2D eigenvalue weighted by Crippen LogP contribution is 2.34. The van der Waals surface area contributed by atoms with Crippen LogP contribution in [0.4, 0.5) is 13.2 Å². The number of alkyl halides is 3. The summed E-state index contributed by atoms with van der Waals surface area (Å²) >= 11 is 0. The van der Waals surface area contributed by atoms with Crippen molar-refractivity contribution in [1.82, 2.24) is 4.98 Å². The number of aryl methyl sites for hydroxylation is 1. The Balaban J connectivity index is 0.00000127. The monoisotopic (exact) mass is 323 g/mol. The van der Waals surface area contributed by atoms with Crippen molar-refractivity contribution in [2.75, 3.05) is 0 Å². The van der Waals surface area contributed by atoms with Gasteiger partial charge in [-0.2, -0.15) is 13.2 Å². The van der Waals surface area contributed by atoms with Crippen LogP contribution in [0.15, 0.2) is 36.5 Å². The maximum Gasteiger partial charge on any atom is 0.418 e. The average Bonchev–Trinajstić information content (AvgIpc) is 2.55. The van der Waals surface area contributed by atoms with Crippen LogP contribution in [0, 0.1) is 0 Å². The lowest BCUT2D eigenvalue weighted by Gasteiger charge is -2.12. The highest BCUT2D eigenvalue weighted by molar-refractivity contribution is 5.94. The molecule has 124 valence electrons. The van der Waals surface area contributed by atoms with E-state index in [4.69, 9.17) is 0 Å². The van der Waals surface area contributed by atoms with Gasteiger partial charge in [-0.3, -0.25) is 9.78 Å². The van der Waals surface area contributed by atoms with E-state index in [1.54, 1.807) is 12.1 Å². The number of carbonyl (C=O) groups is 1. The lowest BCUT2D eigenvalue weighted by Crippen LogP contribution is -2.13. The molecule has 5 heteroatoms. The van der Waals surface area contributed by atoms with Gasteiger partial charge < -0.3 is 0 Å². The maximum atomic E-state index is 13.1. The van der Waals surface area contributed by atoms with Gasteiger partial charge in [0, 0.05) is 18.7 Å². The Morgan fingerprint density at radius 2 is 1.78 bits per heavy atom. The lowest BCUT2D eigenvalue weighted by atomic mass is 10.0. The minimum atomic E-state index is -4.60. The first-order chi connectivity index (χ1) is 10.8. The molecular weight excluding hydrogens is 303 g/mol. The SMILES string of the molecule is CC.CCc1cccc(-c2cnc(C(C)=O)c(C(F)(F)F)c2)c1. The van der Waals surface area contributed by atoms with Crippen LogP contribution in [-0.4, -0.2) is 10.8 Å². The topological polar surface area (TPSA) is 30.0 Å². The van der Waals surface area contributed by atoms with Crippen molar-refractivity contribution >= 4 is 5.78 Å². The van der Waals surface area contributed by atoms with Crippen LogP contribution in [-0.2, 0) is 12.6 Å². The van der Waals surface area contributed by atoms with Crippen molar-refractivity contribution in [2.24, 2.45) is 0 Å². The van der Waals surface area contributed by atoms with Gasteiger partial charge in [-0.1, -0.05) is 45.0 Å². The number of rotatable bonds is 3. The molecule has 0 amide bonds. The van der Waals surface area contributed by atoms with E-state index in [2.05, 4.69) is 4.98 Å². The molecule has 0 N–H and O–H groups in total. The van der Waals surface area contributed by atoms with Gasteiger partial charge in [0.15, 0.2) is 5.78 Å². The van der Waals surface area contributed by atoms with Crippen LogP contribution in [0.25, 0.3) is 11.1 Å². The van der Waals surface area contributed by atoms with E-state index in [9.17, 15) is 18.0 Å². The van der Waals surface area contributed by atoms with Crippen molar-refractivity contribution in [3.63, 3.8) is 0 Å². The molecule has 23 heavy (non-hydrogen) atoms. The largest absolute Gasteiger partial charge is 0.418 e. The summed E-state index contributed by atoms with van der Waals surface area (Å²) in [6.07, 6.45) is -2.51. The van der Waals surface area contributed by atoms with E-state index >= 15 is 0 Å². The van der Waals surface area contributed by atoms with Gasteiger partial charge in [0.05, 0.1) is 5.56 Å². The van der Waals surface area contributed by atoms with Gasteiger partial charge in [-0.15, -0.1) is 0 Å². The highest BCUT2D eigenvalue weighted by atomic mass is 19.4. The van der Waals surface area contributed by atoms with Crippen LogP contribution >= 0.6 is 0 Å². The van der Waals surface area contributed by atoms with E-state index in [0.717, 1.165) is 25.0 Å². The first kappa shape index (κ1) is 18.9. The average molecular weight is 323 g/mol. The second kappa shape index (κ2) is 7.90. The molecule has 1 aromatic carbocycles. The Bertz CT molecular complexity index is 678. The van der Waals surface area contributed by atoms with Crippen molar-refractivity contribution in [2.45, 2.75) is 40.3 Å². The number of pyridine rings is 1. The smallest absolute Gasteiger partial charge is 0.293 e. The van der Waals surface area contributed by atoms with Crippen LogP contribution in [0.3, 0.4) is 0 Å². The van der Waals surface area contributed by atoms with E-state index < -0.39 is 23.2 Å². The molecule has 2 aromatic rings. The van der Waals surface area contributed by atoms with E-state index in [0.29, 0.717) is 11.1 Å². The Morgan fingerprint density at radius 1 is 1.13 bits per heavy atom. The standard InChI is InChI=1S/C16H14F3NO.C2H6/c1-3-11-5-4-6-12(7-11)13-8-14(16(17,18)19)15(10(2)21)20-9-13;1-2/h4-9H,3H2,1-2H3;1-2H3. The molecule has 0 aliphatic heterocycles. The number of nitrogens with zero attached hydrogens (tertiary/aromatic N) is 1. The second-order valence-electron chi connectivity index (χ2n) is 4.73. The minimum Gasteiger partial charge on any atom is -0.293 e. The summed E-state index contributed by atoms with van der Waals surface area (Å²) in [6, 6.07) is 8.23. The third-order valence-electron chi connectivity index (χ3n) is 3.20. The van der Waals surface area contributed by atoms with Gasteiger partial charge in [0.2, 0.25) is 0 Å². The summed E-state index contributed by atoms with van der Waals surface area (Å²) in [6.45, 7) is 7.05. The molecule has 1 heterocycles. The molecular formula is C18H20F3NO. The summed E-state index contributed by atoms with van der Waals surface area (Å²) in [5, 5.41) is 0.